The minimum atomic E-state index is -0.237. The number of nitrogens with two attached hydrogens (primary N) is 1. The molecule has 0 aliphatic carbocycles. The molecule has 0 bridgehead atoms. The van der Waals surface area contributed by atoms with E-state index in [9.17, 15) is 9.90 Å². The highest BCUT2D eigenvalue weighted by atomic mass is 16.3. The number of carbonyl (C=O) groups excluding carboxylic acids is 1. The average molecular weight is 284 g/mol. The van der Waals surface area contributed by atoms with Crippen LogP contribution in [0.5, 0.6) is 5.75 Å². The predicted molar refractivity (Wildman–Crippen MR) is 84.7 cm³/mol. The van der Waals surface area contributed by atoms with Crippen LogP contribution >= 0.6 is 0 Å². The summed E-state index contributed by atoms with van der Waals surface area (Å²) in [6, 6.07) is 11.0. The number of rotatable bonds is 4. The molecule has 0 aliphatic rings. The van der Waals surface area contributed by atoms with Crippen molar-refractivity contribution in [2.75, 3.05) is 11.9 Å². The van der Waals surface area contributed by atoms with E-state index in [2.05, 4.69) is 5.32 Å². The second-order valence-electron chi connectivity index (χ2n) is 5.13. The van der Waals surface area contributed by atoms with Gasteiger partial charge in [0.2, 0.25) is 0 Å². The van der Waals surface area contributed by atoms with Crippen molar-refractivity contribution >= 4 is 11.6 Å². The van der Waals surface area contributed by atoms with Crippen molar-refractivity contribution < 1.29 is 9.90 Å². The molecule has 0 saturated carbocycles. The van der Waals surface area contributed by atoms with Gasteiger partial charge in [0.25, 0.3) is 5.91 Å². The van der Waals surface area contributed by atoms with Crippen LogP contribution in [-0.2, 0) is 6.42 Å². The van der Waals surface area contributed by atoms with Crippen LogP contribution in [0.4, 0.5) is 5.69 Å². The minimum absolute atomic E-state index is 0.102. The Kier molecular flexibility index (Phi) is 4.60. The summed E-state index contributed by atoms with van der Waals surface area (Å²) in [5.41, 5.74) is 9.21. The highest BCUT2D eigenvalue weighted by Gasteiger charge is 2.13. The van der Waals surface area contributed by atoms with Gasteiger partial charge in [-0.3, -0.25) is 4.79 Å². The highest BCUT2D eigenvalue weighted by molar-refractivity contribution is 6.06. The molecule has 0 saturated heterocycles. The molecule has 4 nitrogen and oxygen atoms in total. The van der Waals surface area contributed by atoms with E-state index in [1.54, 1.807) is 19.1 Å². The quantitative estimate of drug-likeness (QED) is 0.756. The average Bonchev–Trinajstić information content (AvgIpc) is 2.45. The van der Waals surface area contributed by atoms with Gasteiger partial charge in [0.1, 0.15) is 5.75 Å². The number of hydrogen-bond donors (Lipinski definition) is 3. The van der Waals surface area contributed by atoms with Crippen LogP contribution < -0.4 is 11.1 Å². The molecule has 1 amide bonds. The SMILES string of the molecule is Cc1cc(C)c(O)c(NC(=O)c2ccccc2CCN)c1. The van der Waals surface area contributed by atoms with Gasteiger partial charge in [-0.25, -0.2) is 0 Å². The van der Waals surface area contributed by atoms with E-state index in [1.165, 1.54) is 0 Å². The number of nitrogens with one attached hydrogen (secondary N) is 1. The third kappa shape index (κ3) is 3.41. The number of carbonyl (C=O) groups is 1. The maximum absolute atomic E-state index is 12.4. The van der Waals surface area contributed by atoms with Crippen LogP contribution in [0.15, 0.2) is 36.4 Å². The van der Waals surface area contributed by atoms with Crippen molar-refractivity contribution in [3.05, 3.63) is 58.7 Å². The number of hydrogen-bond acceptors (Lipinski definition) is 3. The van der Waals surface area contributed by atoms with Gasteiger partial charge >= 0.3 is 0 Å². The Morgan fingerprint density at radius 3 is 2.67 bits per heavy atom. The van der Waals surface area contributed by atoms with E-state index < -0.39 is 0 Å². The lowest BCUT2D eigenvalue weighted by molar-refractivity contribution is 0.102. The Morgan fingerprint density at radius 2 is 1.95 bits per heavy atom. The number of phenolic OH excluding ortho intramolecular Hbond substituents is 1. The molecule has 0 fully saturated rings. The molecule has 0 spiro atoms. The third-order valence-electron chi connectivity index (χ3n) is 3.37. The fourth-order valence-corrected chi connectivity index (χ4v) is 2.36. The van der Waals surface area contributed by atoms with Gasteiger partial charge in [-0.05, 0) is 55.6 Å². The molecular weight excluding hydrogens is 264 g/mol. The van der Waals surface area contributed by atoms with Crippen LogP contribution in [0.25, 0.3) is 0 Å². The summed E-state index contributed by atoms with van der Waals surface area (Å²) >= 11 is 0. The zero-order valence-corrected chi connectivity index (χ0v) is 12.3. The van der Waals surface area contributed by atoms with Gasteiger partial charge in [-0.2, -0.15) is 0 Å². The van der Waals surface area contributed by atoms with Crippen molar-refractivity contribution in [3.63, 3.8) is 0 Å². The monoisotopic (exact) mass is 284 g/mol. The van der Waals surface area contributed by atoms with Crippen LogP contribution in [0.3, 0.4) is 0 Å². The summed E-state index contributed by atoms with van der Waals surface area (Å²) in [5, 5.41) is 12.8. The van der Waals surface area contributed by atoms with Gasteiger partial charge in [-0.15, -0.1) is 0 Å². The Labute approximate surface area is 124 Å². The van der Waals surface area contributed by atoms with E-state index in [1.807, 2.05) is 31.2 Å². The summed E-state index contributed by atoms with van der Waals surface area (Å²) in [5.74, 6) is -0.135. The molecule has 0 radical (unpaired) electrons. The second-order valence-corrected chi connectivity index (χ2v) is 5.13. The molecule has 2 rings (SSSR count). The zero-order chi connectivity index (χ0) is 15.4. The number of aromatic hydroxyl groups is 1. The van der Waals surface area contributed by atoms with Crippen LogP contribution in [0.1, 0.15) is 27.0 Å². The Hall–Kier alpha value is -2.33. The number of anilines is 1. The first-order valence-corrected chi connectivity index (χ1v) is 6.92. The Bertz CT molecular complexity index is 666. The molecule has 0 unspecified atom stereocenters. The Morgan fingerprint density at radius 1 is 1.24 bits per heavy atom. The number of aryl methyl sites for hydroxylation is 2. The van der Waals surface area contributed by atoms with Crippen molar-refractivity contribution in [3.8, 4) is 5.75 Å². The lowest BCUT2D eigenvalue weighted by atomic mass is 10.0. The molecule has 0 heterocycles. The normalized spacial score (nSPS) is 10.4. The maximum Gasteiger partial charge on any atom is 0.256 e. The van der Waals surface area contributed by atoms with Gasteiger partial charge in [0.05, 0.1) is 5.69 Å². The van der Waals surface area contributed by atoms with E-state index in [-0.39, 0.29) is 11.7 Å². The predicted octanol–water partition coefficient (Wildman–Crippen LogP) is 2.76. The first-order chi connectivity index (χ1) is 10.0. The lowest BCUT2D eigenvalue weighted by Gasteiger charge is -2.12. The fraction of sp³-hybridized carbons (Fsp3) is 0.235. The largest absolute Gasteiger partial charge is 0.505 e. The van der Waals surface area contributed by atoms with Crippen molar-refractivity contribution in [1.29, 1.82) is 0 Å². The standard InChI is InChI=1S/C17H20N2O2/c1-11-9-12(2)16(20)15(10-11)19-17(21)14-6-4-3-5-13(14)7-8-18/h3-6,9-10,20H,7-8,18H2,1-2H3,(H,19,21). The molecule has 0 atom stereocenters. The molecule has 0 aliphatic heterocycles. The second kappa shape index (κ2) is 6.41. The molecule has 2 aromatic carbocycles. The lowest BCUT2D eigenvalue weighted by Crippen LogP contribution is -2.16. The smallest absolute Gasteiger partial charge is 0.256 e. The van der Waals surface area contributed by atoms with Crippen molar-refractivity contribution in [1.82, 2.24) is 0 Å². The van der Waals surface area contributed by atoms with Gasteiger partial charge in [-0.1, -0.05) is 24.3 Å². The molecule has 0 aromatic heterocycles. The fourth-order valence-electron chi connectivity index (χ4n) is 2.36. The molecule has 2 aromatic rings. The van der Waals surface area contributed by atoms with E-state index in [0.29, 0.717) is 24.2 Å². The molecule has 110 valence electrons. The van der Waals surface area contributed by atoms with Gasteiger partial charge in [0.15, 0.2) is 0 Å². The first kappa shape index (κ1) is 15.1. The first-order valence-electron chi connectivity index (χ1n) is 6.92. The third-order valence-corrected chi connectivity index (χ3v) is 3.37. The minimum Gasteiger partial charge on any atom is -0.505 e. The molecule has 4 N–H and O–H groups in total. The number of amides is 1. The van der Waals surface area contributed by atoms with Crippen molar-refractivity contribution in [2.24, 2.45) is 5.73 Å². The molecule has 21 heavy (non-hydrogen) atoms. The van der Waals surface area contributed by atoms with Crippen LogP contribution in [0.2, 0.25) is 0 Å². The number of benzene rings is 2. The number of phenols is 1. The van der Waals surface area contributed by atoms with Gasteiger partial charge in [0, 0.05) is 5.56 Å². The maximum atomic E-state index is 12.4. The van der Waals surface area contributed by atoms with Crippen LogP contribution in [0, 0.1) is 13.8 Å². The summed E-state index contributed by atoms with van der Waals surface area (Å²) < 4.78 is 0. The van der Waals surface area contributed by atoms with Crippen molar-refractivity contribution in [2.45, 2.75) is 20.3 Å². The topological polar surface area (TPSA) is 75.3 Å². The Balaban J connectivity index is 2.31. The molecular formula is C17H20N2O2. The van der Waals surface area contributed by atoms with E-state index in [4.69, 9.17) is 5.73 Å². The summed E-state index contributed by atoms with van der Waals surface area (Å²) in [4.78, 5) is 12.4. The molecule has 4 heteroatoms. The summed E-state index contributed by atoms with van der Waals surface area (Å²) in [6.07, 6.45) is 0.641. The highest BCUT2D eigenvalue weighted by Crippen LogP contribution is 2.29. The van der Waals surface area contributed by atoms with E-state index in [0.717, 1.165) is 16.7 Å². The van der Waals surface area contributed by atoms with E-state index >= 15 is 0 Å². The summed E-state index contributed by atoms with van der Waals surface area (Å²) in [6.45, 7) is 4.21. The van der Waals surface area contributed by atoms with Gasteiger partial charge < -0.3 is 16.2 Å². The summed E-state index contributed by atoms with van der Waals surface area (Å²) in [7, 11) is 0. The van der Waals surface area contributed by atoms with Crippen LogP contribution in [-0.4, -0.2) is 17.6 Å². The zero-order valence-electron chi connectivity index (χ0n) is 12.3.